The number of hydrogen-bond acceptors (Lipinski definition) is 4. The third kappa shape index (κ3) is 11.3. The zero-order chi connectivity index (χ0) is 15.1. The van der Waals surface area contributed by atoms with Gasteiger partial charge in [0.15, 0.2) is 0 Å². The molecule has 0 aromatic heterocycles. The molecule has 112 valence electrons. The lowest BCUT2D eigenvalue weighted by Gasteiger charge is -2.29. The number of ether oxygens (including phenoxy) is 1. The van der Waals surface area contributed by atoms with Gasteiger partial charge in [0.1, 0.15) is 5.60 Å². The van der Waals surface area contributed by atoms with Crippen molar-refractivity contribution in [3.63, 3.8) is 0 Å². The van der Waals surface area contributed by atoms with Crippen molar-refractivity contribution in [1.29, 1.82) is 0 Å². The van der Waals surface area contributed by atoms with Crippen molar-refractivity contribution in [2.75, 3.05) is 6.54 Å². The first-order valence-corrected chi connectivity index (χ1v) is 6.25. The Morgan fingerprint density at radius 1 is 1.26 bits per heavy atom. The molecule has 0 aromatic carbocycles. The fourth-order valence-corrected chi connectivity index (χ4v) is 1.60. The molecule has 2 atom stereocenters. The quantitative estimate of drug-likeness (QED) is 0.582. The highest BCUT2D eigenvalue weighted by Crippen LogP contribution is 2.10. The van der Waals surface area contributed by atoms with Crippen molar-refractivity contribution >= 4 is 12.2 Å². The molecule has 4 N–H and O–H groups in total. The lowest BCUT2D eigenvalue weighted by molar-refractivity contribution is 0.0493. The molecular weight excluding hydrogens is 252 g/mol. The van der Waals surface area contributed by atoms with Gasteiger partial charge < -0.3 is 25.6 Å². The number of carboxylic acid groups (broad SMARTS) is 2. The van der Waals surface area contributed by atoms with Crippen LogP contribution in [0.15, 0.2) is 0 Å². The van der Waals surface area contributed by atoms with Crippen molar-refractivity contribution < 1.29 is 24.5 Å². The van der Waals surface area contributed by atoms with Crippen LogP contribution in [0.3, 0.4) is 0 Å². The van der Waals surface area contributed by atoms with Crippen LogP contribution in [-0.2, 0) is 4.74 Å². The van der Waals surface area contributed by atoms with Crippen LogP contribution < -0.4 is 10.6 Å². The molecule has 2 unspecified atom stereocenters. The molecule has 0 aromatic rings. The predicted octanol–water partition coefficient (Wildman–Crippen LogP) is 1.87. The summed E-state index contributed by atoms with van der Waals surface area (Å²) in [4.78, 5) is 20.0. The molecule has 1 aliphatic heterocycles. The van der Waals surface area contributed by atoms with Crippen LogP contribution in [0.2, 0.25) is 0 Å². The van der Waals surface area contributed by atoms with Gasteiger partial charge in [-0.05, 0) is 40.5 Å². The monoisotopic (exact) mass is 276 g/mol. The summed E-state index contributed by atoms with van der Waals surface area (Å²) < 4.78 is 5.19. The number of nitrogens with one attached hydrogen (secondary N) is 2. The van der Waals surface area contributed by atoms with E-state index in [1.807, 2.05) is 20.8 Å². The summed E-state index contributed by atoms with van der Waals surface area (Å²) in [5, 5.41) is 20.1. The van der Waals surface area contributed by atoms with Gasteiger partial charge in [-0.3, -0.25) is 0 Å². The van der Waals surface area contributed by atoms with Crippen LogP contribution in [0.5, 0.6) is 0 Å². The lowest BCUT2D eigenvalue weighted by Crippen LogP contribution is -2.49. The van der Waals surface area contributed by atoms with Gasteiger partial charge in [-0.15, -0.1) is 0 Å². The Morgan fingerprint density at radius 2 is 1.79 bits per heavy atom. The molecule has 7 heteroatoms. The molecule has 1 amide bonds. The van der Waals surface area contributed by atoms with Gasteiger partial charge in [0.25, 0.3) is 0 Å². The molecule has 0 aliphatic carbocycles. The van der Waals surface area contributed by atoms with Crippen LogP contribution >= 0.6 is 0 Å². The molecule has 1 rings (SSSR count). The summed E-state index contributed by atoms with van der Waals surface area (Å²) in [6.07, 6.45) is -0.0303. The lowest BCUT2D eigenvalue weighted by atomic mass is 10.0. The van der Waals surface area contributed by atoms with Crippen molar-refractivity contribution in [3.05, 3.63) is 0 Å². The third-order valence-corrected chi connectivity index (χ3v) is 2.38. The van der Waals surface area contributed by atoms with Gasteiger partial charge in [-0.2, -0.15) is 0 Å². The van der Waals surface area contributed by atoms with E-state index in [4.69, 9.17) is 19.7 Å². The second-order valence-electron chi connectivity index (χ2n) is 5.51. The van der Waals surface area contributed by atoms with E-state index < -0.39 is 11.8 Å². The van der Waals surface area contributed by atoms with E-state index in [1.165, 1.54) is 0 Å². The Morgan fingerprint density at radius 3 is 2.16 bits per heavy atom. The second-order valence-corrected chi connectivity index (χ2v) is 5.51. The fraction of sp³-hybridized carbons (Fsp3) is 0.833. The Hall–Kier alpha value is -1.50. The maximum atomic E-state index is 11.4. The molecule has 1 aliphatic rings. The molecule has 1 fully saturated rings. The van der Waals surface area contributed by atoms with Gasteiger partial charge in [-0.1, -0.05) is 0 Å². The highest BCUT2D eigenvalue weighted by Gasteiger charge is 2.22. The Balaban J connectivity index is 0.000000711. The highest BCUT2D eigenvalue weighted by atomic mass is 16.6. The van der Waals surface area contributed by atoms with Crippen molar-refractivity contribution in [1.82, 2.24) is 10.6 Å². The molecule has 19 heavy (non-hydrogen) atoms. The van der Waals surface area contributed by atoms with Crippen LogP contribution in [-0.4, -0.2) is 46.7 Å². The molecule has 1 heterocycles. The maximum absolute atomic E-state index is 11.4. The largest absolute Gasteiger partial charge is 0.503 e. The van der Waals surface area contributed by atoms with E-state index >= 15 is 0 Å². The van der Waals surface area contributed by atoms with Crippen molar-refractivity contribution in [2.24, 2.45) is 0 Å². The third-order valence-electron chi connectivity index (χ3n) is 2.38. The minimum atomic E-state index is -1.83. The van der Waals surface area contributed by atoms with Crippen LogP contribution in [0.1, 0.15) is 40.5 Å². The molecule has 0 saturated carbocycles. The van der Waals surface area contributed by atoms with Crippen LogP contribution in [0.25, 0.3) is 0 Å². The summed E-state index contributed by atoms with van der Waals surface area (Å²) >= 11 is 0. The first kappa shape index (κ1) is 17.5. The molecule has 7 nitrogen and oxygen atoms in total. The molecule has 0 bridgehead atoms. The van der Waals surface area contributed by atoms with Gasteiger partial charge in [0.05, 0.1) is 0 Å². The van der Waals surface area contributed by atoms with Gasteiger partial charge in [0, 0.05) is 18.6 Å². The summed E-state index contributed by atoms with van der Waals surface area (Å²) in [6.45, 7) is 8.60. The zero-order valence-corrected chi connectivity index (χ0v) is 11.9. The number of carbonyl (C=O) groups is 2. The Bertz CT molecular complexity index is 289. The van der Waals surface area contributed by atoms with Crippen LogP contribution in [0.4, 0.5) is 9.59 Å². The average molecular weight is 276 g/mol. The summed E-state index contributed by atoms with van der Waals surface area (Å²) in [7, 11) is 0. The SMILES string of the molecule is CC1CCC(NC(=O)OC(C)(C)C)CN1.O=C(O)O. The van der Waals surface area contributed by atoms with E-state index in [1.54, 1.807) is 0 Å². The Labute approximate surface area is 113 Å². The molecule has 0 spiro atoms. The first-order chi connectivity index (χ1) is 8.60. The zero-order valence-electron chi connectivity index (χ0n) is 11.9. The van der Waals surface area contributed by atoms with Gasteiger partial charge >= 0.3 is 12.2 Å². The minimum absolute atomic E-state index is 0.205. The van der Waals surface area contributed by atoms with E-state index in [0.29, 0.717) is 6.04 Å². The average Bonchev–Trinajstić information content (AvgIpc) is 2.17. The fourth-order valence-electron chi connectivity index (χ4n) is 1.60. The van der Waals surface area contributed by atoms with E-state index in [2.05, 4.69) is 17.6 Å². The molecular formula is C12H24N2O5. The summed E-state index contributed by atoms with van der Waals surface area (Å²) in [5.41, 5.74) is -0.417. The summed E-state index contributed by atoms with van der Waals surface area (Å²) in [5.74, 6) is 0. The van der Waals surface area contributed by atoms with Crippen molar-refractivity contribution in [2.45, 2.75) is 58.2 Å². The number of alkyl carbamates (subject to hydrolysis) is 1. The topological polar surface area (TPSA) is 108 Å². The number of carbonyl (C=O) groups excluding carboxylic acids is 1. The number of amides is 1. The van der Waals surface area contributed by atoms with Gasteiger partial charge in [-0.25, -0.2) is 9.59 Å². The molecule has 0 radical (unpaired) electrons. The second kappa shape index (κ2) is 7.83. The van der Waals surface area contributed by atoms with Gasteiger partial charge in [0.2, 0.25) is 0 Å². The summed E-state index contributed by atoms with van der Waals surface area (Å²) in [6, 6.07) is 0.762. The number of hydrogen-bond donors (Lipinski definition) is 4. The smallest absolute Gasteiger partial charge is 0.450 e. The first-order valence-electron chi connectivity index (χ1n) is 6.25. The van der Waals surface area contributed by atoms with Crippen LogP contribution in [0, 0.1) is 0 Å². The highest BCUT2D eigenvalue weighted by molar-refractivity contribution is 5.68. The predicted molar refractivity (Wildman–Crippen MR) is 70.5 cm³/mol. The Kier molecular flexibility index (Phi) is 7.21. The van der Waals surface area contributed by atoms with E-state index in [-0.39, 0.29) is 12.1 Å². The number of rotatable bonds is 1. The number of piperidine rings is 1. The van der Waals surface area contributed by atoms with E-state index in [9.17, 15) is 4.79 Å². The van der Waals surface area contributed by atoms with Crippen molar-refractivity contribution in [3.8, 4) is 0 Å². The van der Waals surface area contributed by atoms with E-state index in [0.717, 1.165) is 19.4 Å². The normalized spacial score (nSPS) is 22.7. The minimum Gasteiger partial charge on any atom is -0.450 e. The standard InChI is InChI=1S/C11H22N2O2.CH2O3/c1-8-5-6-9(7-12-8)13-10(14)15-11(2,3)4;2-1(3)4/h8-9,12H,5-7H2,1-4H3,(H,13,14);(H2,2,3,4). The molecule has 1 saturated heterocycles. The maximum Gasteiger partial charge on any atom is 0.503 e.